The number of benzene rings is 1. The summed E-state index contributed by atoms with van der Waals surface area (Å²) in [6.45, 7) is 5.37. The summed E-state index contributed by atoms with van der Waals surface area (Å²) < 4.78 is 32.1. The maximum atomic E-state index is 13.7. The number of nitrogens with two attached hydrogens (primary N) is 1. The zero-order valence-electron chi connectivity index (χ0n) is 10.3. The molecule has 1 aromatic rings. The van der Waals surface area contributed by atoms with Crippen LogP contribution in [0.1, 0.15) is 12.5 Å². The predicted octanol–water partition coefficient (Wildman–Crippen LogP) is 3.49. The molecular weight excluding hydrogens is 274 g/mol. The van der Waals surface area contributed by atoms with Crippen LogP contribution in [0.4, 0.5) is 8.78 Å². The number of nitrogens with zero attached hydrogens (tertiary/aromatic N) is 1. The fourth-order valence-electron chi connectivity index (χ4n) is 1.41. The van der Waals surface area contributed by atoms with Crippen molar-refractivity contribution in [2.24, 2.45) is 10.7 Å². The molecule has 0 saturated heterocycles. The Labute approximate surface area is 115 Å². The molecule has 0 aliphatic rings. The Morgan fingerprint density at radius 3 is 2.79 bits per heavy atom. The van der Waals surface area contributed by atoms with Gasteiger partial charge >= 0.3 is 0 Å². The van der Waals surface area contributed by atoms with Gasteiger partial charge in [-0.3, -0.25) is 0 Å². The maximum absolute atomic E-state index is 13.7. The highest BCUT2D eigenvalue weighted by atomic mass is 35.5. The van der Waals surface area contributed by atoms with Crippen molar-refractivity contribution in [1.29, 1.82) is 0 Å². The molecule has 0 unspecified atom stereocenters. The molecule has 0 heterocycles. The van der Waals surface area contributed by atoms with Crippen LogP contribution in [-0.2, 0) is 0 Å². The number of hydrogen-bond donors (Lipinski definition) is 1. The summed E-state index contributed by atoms with van der Waals surface area (Å²) >= 11 is 5.55. The first-order chi connectivity index (χ1) is 8.99. The van der Waals surface area contributed by atoms with E-state index in [0.29, 0.717) is 6.61 Å². The van der Waals surface area contributed by atoms with Crippen LogP contribution in [0.3, 0.4) is 0 Å². The monoisotopic (exact) mass is 286 g/mol. The Kier molecular flexibility index (Phi) is 5.51. The molecule has 6 heteroatoms. The first kappa shape index (κ1) is 15.2. The molecule has 0 bridgehead atoms. The minimum Gasteiger partial charge on any atom is -0.493 e. The molecule has 19 heavy (non-hydrogen) atoms. The predicted molar refractivity (Wildman–Crippen MR) is 72.5 cm³/mol. The lowest BCUT2D eigenvalue weighted by Crippen LogP contribution is -2.08. The zero-order valence-corrected chi connectivity index (χ0v) is 11.0. The number of rotatable bonds is 5. The van der Waals surface area contributed by atoms with E-state index in [4.69, 9.17) is 22.1 Å². The lowest BCUT2D eigenvalue weighted by molar-refractivity contribution is 0.337. The minimum absolute atomic E-state index is 0.126. The van der Waals surface area contributed by atoms with E-state index in [9.17, 15) is 8.78 Å². The van der Waals surface area contributed by atoms with Gasteiger partial charge in [0.15, 0.2) is 5.83 Å². The van der Waals surface area contributed by atoms with Gasteiger partial charge in [0.2, 0.25) is 0 Å². The number of aliphatic imine (C=N–C) groups is 1. The van der Waals surface area contributed by atoms with Crippen molar-refractivity contribution in [2.45, 2.75) is 6.92 Å². The van der Waals surface area contributed by atoms with Crippen molar-refractivity contribution in [3.05, 3.63) is 53.3 Å². The van der Waals surface area contributed by atoms with Crippen LogP contribution in [-0.4, -0.2) is 12.3 Å². The Balaban J connectivity index is 3.42. The van der Waals surface area contributed by atoms with Gasteiger partial charge in [-0.1, -0.05) is 18.2 Å². The largest absolute Gasteiger partial charge is 0.493 e. The van der Waals surface area contributed by atoms with Crippen LogP contribution in [0.15, 0.2) is 47.0 Å². The topological polar surface area (TPSA) is 47.6 Å². The smallest absolute Gasteiger partial charge is 0.164 e. The van der Waals surface area contributed by atoms with E-state index in [1.165, 1.54) is 6.07 Å². The highest BCUT2D eigenvalue weighted by molar-refractivity contribution is 6.30. The second-order valence-electron chi connectivity index (χ2n) is 3.42. The third-order valence-corrected chi connectivity index (χ3v) is 2.19. The number of halogens is 3. The molecule has 0 saturated carbocycles. The van der Waals surface area contributed by atoms with Gasteiger partial charge in [0.05, 0.1) is 6.61 Å². The van der Waals surface area contributed by atoms with Crippen molar-refractivity contribution in [2.75, 3.05) is 6.61 Å². The molecule has 0 atom stereocenters. The average molecular weight is 287 g/mol. The van der Waals surface area contributed by atoms with Crippen molar-refractivity contribution in [1.82, 2.24) is 0 Å². The average Bonchev–Trinajstić information content (AvgIpc) is 2.36. The van der Waals surface area contributed by atoms with Gasteiger partial charge in [0, 0.05) is 17.8 Å². The van der Waals surface area contributed by atoms with Gasteiger partial charge in [-0.25, -0.2) is 13.8 Å². The minimum atomic E-state index is -0.811. The Morgan fingerprint density at radius 2 is 2.26 bits per heavy atom. The summed E-state index contributed by atoms with van der Waals surface area (Å²) in [5.41, 5.74) is 5.21. The van der Waals surface area contributed by atoms with Crippen molar-refractivity contribution in [3.8, 4) is 5.75 Å². The summed E-state index contributed by atoms with van der Waals surface area (Å²) in [6.07, 6.45) is 0.734. The Bertz CT molecular complexity index is 541. The summed E-state index contributed by atoms with van der Waals surface area (Å²) in [6, 6.07) is 3.63. The maximum Gasteiger partial charge on any atom is 0.164 e. The van der Waals surface area contributed by atoms with E-state index in [0.717, 1.165) is 18.3 Å². The molecule has 102 valence electrons. The number of ether oxygens (including phenoxy) is 1. The lowest BCUT2D eigenvalue weighted by Gasteiger charge is -2.11. The Morgan fingerprint density at radius 1 is 1.58 bits per heavy atom. The van der Waals surface area contributed by atoms with Gasteiger partial charge in [0.1, 0.15) is 22.4 Å². The third-order valence-electron chi connectivity index (χ3n) is 2.10. The second-order valence-corrected chi connectivity index (χ2v) is 3.86. The molecule has 0 amide bonds. The van der Waals surface area contributed by atoms with Crippen molar-refractivity contribution in [3.63, 3.8) is 0 Å². The van der Waals surface area contributed by atoms with E-state index in [2.05, 4.69) is 11.6 Å². The van der Waals surface area contributed by atoms with Crippen molar-refractivity contribution >= 4 is 17.3 Å². The molecule has 0 spiro atoms. The quantitative estimate of drug-likeness (QED) is 0.665. The van der Waals surface area contributed by atoms with Crippen LogP contribution < -0.4 is 10.5 Å². The molecule has 1 aromatic carbocycles. The van der Waals surface area contributed by atoms with Gasteiger partial charge in [-0.2, -0.15) is 0 Å². The van der Waals surface area contributed by atoms with E-state index in [1.807, 2.05) is 0 Å². The van der Waals surface area contributed by atoms with Crippen LogP contribution >= 0.6 is 11.6 Å². The van der Waals surface area contributed by atoms with Crippen LogP contribution in [0, 0.1) is 5.82 Å². The summed E-state index contributed by atoms with van der Waals surface area (Å²) in [5, 5.41) is -0.126. The molecule has 2 N–H and O–H groups in total. The first-order valence-corrected chi connectivity index (χ1v) is 5.81. The number of allylic oxidation sites excluding steroid dienone is 1. The third kappa shape index (κ3) is 4.06. The molecule has 0 fully saturated rings. The second kappa shape index (κ2) is 6.89. The van der Waals surface area contributed by atoms with Crippen LogP contribution in [0.25, 0.3) is 0 Å². The lowest BCUT2D eigenvalue weighted by atomic mass is 10.1. The normalized spacial score (nSPS) is 12.4. The molecule has 0 aromatic heterocycles. The molecule has 0 aliphatic heterocycles. The highest BCUT2D eigenvalue weighted by Crippen LogP contribution is 2.25. The highest BCUT2D eigenvalue weighted by Gasteiger charge is 2.16. The van der Waals surface area contributed by atoms with Crippen molar-refractivity contribution < 1.29 is 13.5 Å². The summed E-state index contributed by atoms with van der Waals surface area (Å²) in [4.78, 5) is 3.75. The van der Waals surface area contributed by atoms with E-state index in [1.54, 1.807) is 6.92 Å². The molecule has 0 radical (unpaired) electrons. The molecular formula is C13H13ClF2N2O. The first-order valence-electron chi connectivity index (χ1n) is 5.43. The van der Waals surface area contributed by atoms with Gasteiger partial charge < -0.3 is 10.5 Å². The van der Waals surface area contributed by atoms with Gasteiger partial charge in [-0.15, -0.1) is 0 Å². The van der Waals surface area contributed by atoms with Crippen LogP contribution in [0.5, 0.6) is 5.75 Å². The van der Waals surface area contributed by atoms with Crippen LogP contribution in [0.2, 0.25) is 0 Å². The SMILES string of the molecule is C=C(Cl)N=C(/C(F)=C\N)c1ccc(F)cc1OCC. The van der Waals surface area contributed by atoms with E-state index >= 15 is 0 Å². The van der Waals surface area contributed by atoms with Gasteiger partial charge in [0.25, 0.3) is 0 Å². The summed E-state index contributed by atoms with van der Waals surface area (Å²) in [7, 11) is 0. The summed E-state index contributed by atoms with van der Waals surface area (Å²) in [5.74, 6) is -1.17. The fraction of sp³-hybridized carbons (Fsp3) is 0.154. The zero-order chi connectivity index (χ0) is 14.4. The molecule has 1 rings (SSSR count). The Hall–Kier alpha value is -1.88. The molecule has 0 aliphatic carbocycles. The van der Waals surface area contributed by atoms with Gasteiger partial charge in [-0.05, 0) is 19.1 Å². The standard InChI is InChI=1S/C13H13ClF2N2O/c1-3-19-12-6-9(15)4-5-10(12)13(11(16)7-17)18-8(2)14/h4-7H,2-3,17H2,1H3/b11-7+,18-13?. The molecule has 3 nitrogen and oxygen atoms in total. The van der Waals surface area contributed by atoms with E-state index in [-0.39, 0.29) is 22.2 Å². The van der Waals surface area contributed by atoms with E-state index < -0.39 is 11.6 Å². The number of hydrogen-bond acceptors (Lipinski definition) is 3. The fourth-order valence-corrected chi connectivity index (χ4v) is 1.49.